The molecule has 2 saturated heterocycles. The molecule has 8 heavy (non-hydrogen) atoms. The van der Waals surface area contributed by atoms with E-state index >= 15 is 0 Å². The summed E-state index contributed by atoms with van der Waals surface area (Å²) in [7, 11) is 2.73. The van der Waals surface area contributed by atoms with Crippen LogP contribution in [0.4, 0.5) is 0 Å². The molecule has 3 heteroatoms. The molecule has 2 rings (SSSR count). The van der Waals surface area contributed by atoms with Gasteiger partial charge in [-0.3, -0.25) is 4.67 Å². The Balaban J connectivity index is 1.92. The zero-order valence-corrected chi connectivity index (χ0v) is 6.01. The molecular formula is C5H11N2P. The fraction of sp³-hybridized carbons (Fsp3) is 1.00. The van der Waals surface area contributed by atoms with Crippen LogP contribution in [0, 0.1) is 5.41 Å². The minimum absolute atomic E-state index is 0.710. The van der Waals surface area contributed by atoms with Gasteiger partial charge in [0.05, 0.1) is 0 Å². The van der Waals surface area contributed by atoms with E-state index < -0.39 is 0 Å². The van der Waals surface area contributed by atoms with Gasteiger partial charge >= 0.3 is 0 Å². The van der Waals surface area contributed by atoms with Crippen LogP contribution in [-0.4, -0.2) is 30.8 Å². The highest BCUT2D eigenvalue weighted by Gasteiger charge is 2.45. The number of rotatable bonds is 0. The second-order valence-electron chi connectivity index (χ2n) is 3.01. The van der Waals surface area contributed by atoms with Crippen LogP contribution in [0.2, 0.25) is 0 Å². The zero-order valence-electron chi connectivity index (χ0n) is 4.85. The summed E-state index contributed by atoms with van der Waals surface area (Å²) < 4.78 is 2.29. The molecule has 1 spiro atoms. The number of hydrogen-bond donors (Lipinski definition) is 1. The van der Waals surface area contributed by atoms with Crippen LogP contribution in [-0.2, 0) is 0 Å². The second-order valence-corrected chi connectivity index (χ2v) is 3.74. The quantitative estimate of drug-likeness (QED) is 0.452. The van der Waals surface area contributed by atoms with Gasteiger partial charge in [-0.25, -0.2) is 0 Å². The van der Waals surface area contributed by atoms with Crippen molar-refractivity contribution in [3.8, 4) is 0 Å². The maximum Gasteiger partial charge on any atom is 0.0213 e. The summed E-state index contributed by atoms with van der Waals surface area (Å²) in [5.74, 6) is 0. The summed E-state index contributed by atoms with van der Waals surface area (Å²) >= 11 is 0. The van der Waals surface area contributed by atoms with E-state index in [1.807, 2.05) is 0 Å². The molecule has 0 saturated carbocycles. The summed E-state index contributed by atoms with van der Waals surface area (Å²) in [6.07, 6.45) is 0. The van der Waals surface area contributed by atoms with E-state index in [0.717, 1.165) is 0 Å². The Bertz CT molecular complexity index is 103. The molecule has 1 unspecified atom stereocenters. The Labute approximate surface area is 51.9 Å². The first-order chi connectivity index (χ1) is 3.81. The van der Waals surface area contributed by atoms with Crippen molar-refractivity contribution in [3.63, 3.8) is 0 Å². The number of hydrogen-bond acceptors (Lipinski definition) is 2. The van der Waals surface area contributed by atoms with Crippen molar-refractivity contribution >= 4 is 9.39 Å². The summed E-state index contributed by atoms with van der Waals surface area (Å²) in [5, 5.41) is 3.29. The van der Waals surface area contributed by atoms with E-state index in [1.54, 1.807) is 0 Å². The molecule has 2 fully saturated rings. The van der Waals surface area contributed by atoms with Crippen molar-refractivity contribution < 1.29 is 0 Å². The molecule has 0 aromatic heterocycles. The van der Waals surface area contributed by atoms with Gasteiger partial charge in [0, 0.05) is 31.6 Å². The summed E-state index contributed by atoms with van der Waals surface area (Å²) in [5.41, 5.74) is 0.710. The fourth-order valence-electron chi connectivity index (χ4n) is 1.52. The van der Waals surface area contributed by atoms with Crippen molar-refractivity contribution in [1.82, 2.24) is 9.99 Å². The number of nitrogens with one attached hydrogen (secondary N) is 1. The molecule has 0 bridgehead atoms. The van der Waals surface area contributed by atoms with Gasteiger partial charge in [-0.2, -0.15) is 0 Å². The Morgan fingerprint density at radius 3 is 2.12 bits per heavy atom. The SMILES string of the molecule is PN1CC2(CNC2)C1. The third-order valence-electron chi connectivity index (χ3n) is 2.08. The van der Waals surface area contributed by atoms with Crippen LogP contribution in [0.15, 0.2) is 0 Å². The predicted octanol–water partition coefficient (Wildman–Crippen LogP) is -0.318. The van der Waals surface area contributed by atoms with Crippen molar-refractivity contribution in [2.24, 2.45) is 5.41 Å². The summed E-state index contributed by atoms with van der Waals surface area (Å²) in [6, 6.07) is 0. The molecule has 1 N–H and O–H groups in total. The van der Waals surface area contributed by atoms with Gasteiger partial charge in [0.15, 0.2) is 0 Å². The lowest BCUT2D eigenvalue weighted by molar-refractivity contribution is 0.0227. The Kier molecular flexibility index (Phi) is 0.928. The van der Waals surface area contributed by atoms with E-state index in [2.05, 4.69) is 19.4 Å². The third kappa shape index (κ3) is 0.540. The van der Waals surface area contributed by atoms with Gasteiger partial charge in [0.1, 0.15) is 0 Å². The predicted molar refractivity (Wildman–Crippen MR) is 36.6 cm³/mol. The van der Waals surface area contributed by atoms with E-state index in [-0.39, 0.29) is 0 Å². The van der Waals surface area contributed by atoms with Gasteiger partial charge in [-0.05, 0) is 0 Å². The van der Waals surface area contributed by atoms with Crippen LogP contribution in [0.5, 0.6) is 0 Å². The minimum Gasteiger partial charge on any atom is -0.315 e. The van der Waals surface area contributed by atoms with Gasteiger partial charge in [-0.1, -0.05) is 9.39 Å². The van der Waals surface area contributed by atoms with E-state index in [9.17, 15) is 0 Å². The lowest BCUT2D eigenvalue weighted by atomic mass is 9.76. The van der Waals surface area contributed by atoms with Crippen LogP contribution in [0.25, 0.3) is 0 Å². The summed E-state index contributed by atoms with van der Waals surface area (Å²) in [4.78, 5) is 0. The molecule has 0 amide bonds. The first-order valence-electron chi connectivity index (χ1n) is 3.01. The van der Waals surface area contributed by atoms with Gasteiger partial charge in [-0.15, -0.1) is 0 Å². The minimum atomic E-state index is 0.710. The van der Waals surface area contributed by atoms with Crippen molar-refractivity contribution in [2.45, 2.75) is 0 Å². The molecule has 1 atom stereocenters. The van der Waals surface area contributed by atoms with Crippen LogP contribution < -0.4 is 5.32 Å². The Morgan fingerprint density at radius 2 is 2.00 bits per heavy atom. The van der Waals surface area contributed by atoms with Crippen LogP contribution in [0.3, 0.4) is 0 Å². The lowest BCUT2D eigenvalue weighted by Crippen LogP contribution is -2.68. The van der Waals surface area contributed by atoms with Gasteiger partial charge in [0.2, 0.25) is 0 Å². The molecule has 0 radical (unpaired) electrons. The van der Waals surface area contributed by atoms with Crippen molar-refractivity contribution in [3.05, 3.63) is 0 Å². The smallest absolute Gasteiger partial charge is 0.0213 e. The summed E-state index contributed by atoms with van der Waals surface area (Å²) in [6.45, 7) is 5.06. The third-order valence-corrected chi connectivity index (χ3v) is 2.44. The average molecular weight is 130 g/mol. The number of nitrogens with zero attached hydrogens (tertiary/aromatic N) is 1. The zero-order chi connectivity index (χ0) is 5.61. The van der Waals surface area contributed by atoms with Gasteiger partial charge in [0.25, 0.3) is 0 Å². The molecule has 0 aromatic carbocycles. The monoisotopic (exact) mass is 130 g/mol. The highest BCUT2D eigenvalue weighted by molar-refractivity contribution is 7.13. The van der Waals surface area contributed by atoms with E-state index in [1.165, 1.54) is 26.2 Å². The van der Waals surface area contributed by atoms with Crippen molar-refractivity contribution in [2.75, 3.05) is 26.2 Å². The normalized spacial score (nSPS) is 34.1. The topological polar surface area (TPSA) is 15.3 Å². The van der Waals surface area contributed by atoms with E-state index in [4.69, 9.17) is 0 Å². The van der Waals surface area contributed by atoms with E-state index in [0.29, 0.717) is 5.41 Å². The molecule has 46 valence electrons. The van der Waals surface area contributed by atoms with Crippen LogP contribution >= 0.6 is 9.39 Å². The maximum atomic E-state index is 3.29. The molecule has 0 aromatic rings. The molecule has 2 heterocycles. The molecule has 2 aliphatic rings. The molecule has 0 aliphatic carbocycles. The van der Waals surface area contributed by atoms with Crippen molar-refractivity contribution in [1.29, 1.82) is 0 Å². The second kappa shape index (κ2) is 1.44. The largest absolute Gasteiger partial charge is 0.315 e. The highest BCUT2D eigenvalue weighted by Crippen LogP contribution is 2.35. The lowest BCUT2D eigenvalue weighted by Gasteiger charge is -2.54. The van der Waals surface area contributed by atoms with Crippen LogP contribution in [0.1, 0.15) is 0 Å². The molecule has 2 aliphatic heterocycles. The molecule has 2 nitrogen and oxygen atoms in total. The first-order valence-corrected chi connectivity index (χ1v) is 3.53. The average Bonchev–Trinajstić information content (AvgIpc) is 1.51. The first kappa shape index (κ1) is 5.16. The fourth-order valence-corrected chi connectivity index (χ4v) is 2.29. The highest BCUT2D eigenvalue weighted by atomic mass is 31.0. The van der Waals surface area contributed by atoms with Gasteiger partial charge < -0.3 is 5.32 Å². The Morgan fingerprint density at radius 1 is 1.38 bits per heavy atom. The standard InChI is InChI=1S/C5H11N2P/c8-7-3-5(4-7)1-6-2-5/h6H,1-4,8H2. The molecular weight excluding hydrogens is 119 g/mol. The maximum absolute atomic E-state index is 3.29. The Hall–Kier alpha value is 0.350.